The molecule has 0 aromatic carbocycles. The fourth-order valence-corrected chi connectivity index (χ4v) is 2.13. The number of rotatable bonds is 4. The maximum Gasteiger partial charge on any atom is 0.189 e. The Morgan fingerprint density at radius 3 is 2.78 bits per heavy atom. The Morgan fingerprint density at radius 2 is 2.22 bits per heavy atom. The summed E-state index contributed by atoms with van der Waals surface area (Å²) in [7, 11) is 3.38. The second kappa shape index (κ2) is 5.30. The Morgan fingerprint density at radius 1 is 1.44 bits per heavy atom. The Hall–Kier alpha value is -1.70. The Kier molecular flexibility index (Phi) is 3.75. The predicted molar refractivity (Wildman–Crippen MR) is 70.4 cm³/mol. The van der Waals surface area contributed by atoms with Gasteiger partial charge >= 0.3 is 0 Å². The van der Waals surface area contributed by atoms with Crippen molar-refractivity contribution in [3.63, 3.8) is 0 Å². The number of hydrogen-bond acceptors (Lipinski definition) is 6. The Bertz CT molecular complexity index is 536. The largest absolute Gasteiger partial charge is 0.491 e. The first-order valence-electron chi connectivity index (χ1n) is 5.37. The second-order valence-electron chi connectivity index (χ2n) is 3.49. The van der Waals surface area contributed by atoms with Gasteiger partial charge in [0, 0.05) is 13.6 Å². The van der Waals surface area contributed by atoms with Gasteiger partial charge < -0.3 is 10.1 Å². The van der Waals surface area contributed by atoms with Gasteiger partial charge in [-0.3, -0.25) is 0 Å². The minimum absolute atomic E-state index is 0.574. The van der Waals surface area contributed by atoms with Crippen molar-refractivity contribution < 1.29 is 4.74 Å². The predicted octanol–water partition coefficient (Wildman–Crippen LogP) is 1.47. The zero-order chi connectivity index (χ0) is 13.1. The molecule has 0 aliphatic rings. The summed E-state index contributed by atoms with van der Waals surface area (Å²) in [5, 5.41) is 11.0. The molecular weight excluding hydrogens is 300 g/mol. The van der Waals surface area contributed by atoms with Crippen molar-refractivity contribution in [3.8, 4) is 17.1 Å². The van der Waals surface area contributed by atoms with Crippen molar-refractivity contribution in [2.45, 2.75) is 6.92 Å². The molecule has 18 heavy (non-hydrogen) atoms. The van der Waals surface area contributed by atoms with Gasteiger partial charge in [0.2, 0.25) is 0 Å². The van der Waals surface area contributed by atoms with Gasteiger partial charge in [0.05, 0.1) is 7.11 Å². The highest BCUT2D eigenvalue weighted by molar-refractivity contribution is 9.10. The summed E-state index contributed by atoms with van der Waals surface area (Å²) >= 11 is 3.35. The van der Waals surface area contributed by atoms with E-state index in [2.05, 4.69) is 41.5 Å². The molecule has 0 aliphatic heterocycles. The molecule has 0 fully saturated rings. The molecule has 0 saturated heterocycles. The van der Waals surface area contributed by atoms with Crippen LogP contribution in [0, 0.1) is 0 Å². The molecule has 2 heterocycles. The van der Waals surface area contributed by atoms with Crippen molar-refractivity contribution in [2.24, 2.45) is 7.05 Å². The highest BCUT2D eigenvalue weighted by Crippen LogP contribution is 2.35. The zero-order valence-corrected chi connectivity index (χ0v) is 11.9. The van der Waals surface area contributed by atoms with Crippen LogP contribution in [0.4, 0.5) is 5.82 Å². The van der Waals surface area contributed by atoms with E-state index in [1.54, 1.807) is 18.8 Å². The number of halogens is 1. The van der Waals surface area contributed by atoms with E-state index in [0.717, 1.165) is 12.2 Å². The highest BCUT2D eigenvalue weighted by Gasteiger charge is 2.20. The molecule has 0 aliphatic carbocycles. The normalized spacial score (nSPS) is 10.4. The van der Waals surface area contributed by atoms with Gasteiger partial charge in [0.15, 0.2) is 16.2 Å². The van der Waals surface area contributed by atoms with E-state index in [0.29, 0.717) is 21.9 Å². The molecule has 0 unspecified atom stereocenters. The van der Waals surface area contributed by atoms with Gasteiger partial charge in [-0.25, -0.2) is 14.6 Å². The lowest BCUT2D eigenvalue weighted by Gasteiger charge is -2.12. The third-order valence-electron chi connectivity index (χ3n) is 2.36. The van der Waals surface area contributed by atoms with Crippen LogP contribution in [0.2, 0.25) is 0 Å². The lowest BCUT2D eigenvalue weighted by molar-refractivity contribution is 0.414. The molecule has 2 aromatic rings. The van der Waals surface area contributed by atoms with Gasteiger partial charge in [-0.15, -0.1) is 5.10 Å². The first-order chi connectivity index (χ1) is 8.69. The molecule has 1 N–H and O–H groups in total. The second-order valence-corrected chi connectivity index (χ2v) is 4.24. The van der Waals surface area contributed by atoms with Gasteiger partial charge in [-0.1, -0.05) is 5.21 Å². The lowest BCUT2D eigenvalue weighted by atomic mass is 10.2. The van der Waals surface area contributed by atoms with Gasteiger partial charge in [-0.05, 0) is 22.9 Å². The van der Waals surface area contributed by atoms with Crippen molar-refractivity contribution in [3.05, 3.63) is 10.9 Å². The highest BCUT2D eigenvalue weighted by atomic mass is 79.9. The minimum atomic E-state index is 0.574. The first-order valence-corrected chi connectivity index (χ1v) is 6.16. The summed E-state index contributed by atoms with van der Waals surface area (Å²) in [6, 6.07) is 0. The van der Waals surface area contributed by atoms with E-state index in [-0.39, 0.29) is 0 Å². The summed E-state index contributed by atoms with van der Waals surface area (Å²) in [4.78, 5) is 8.41. The summed E-state index contributed by atoms with van der Waals surface area (Å²) in [6.45, 7) is 2.74. The number of aromatic nitrogens is 5. The summed E-state index contributed by atoms with van der Waals surface area (Å²) in [5.74, 6) is 1.23. The molecule has 7 nitrogen and oxygen atoms in total. The van der Waals surface area contributed by atoms with E-state index in [1.165, 1.54) is 6.33 Å². The molecule has 0 bridgehead atoms. The number of aryl methyl sites for hydroxylation is 1. The molecule has 2 aromatic heterocycles. The number of nitrogens with one attached hydrogen (secondary N) is 1. The number of hydrogen-bond donors (Lipinski definition) is 1. The number of anilines is 1. The molecule has 96 valence electrons. The third-order valence-corrected chi connectivity index (χ3v) is 2.90. The van der Waals surface area contributed by atoms with Crippen LogP contribution in [-0.2, 0) is 7.05 Å². The first kappa shape index (κ1) is 12.7. The van der Waals surface area contributed by atoms with Crippen LogP contribution in [0.25, 0.3) is 11.4 Å². The van der Waals surface area contributed by atoms with Crippen LogP contribution in [0.3, 0.4) is 0 Å². The van der Waals surface area contributed by atoms with Crippen LogP contribution in [0.1, 0.15) is 6.92 Å². The summed E-state index contributed by atoms with van der Waals surface area (Å²) in [5.41, 5.74) is 1.39. The summed E-state index contributed by atoms with van der Waals surface area (Å²) < 4.78 is 7.63. The quantitative estimate of drug-likeness (QED) is 0.921. The van der Waals surface area contributed by atoms with Crippen LogP contribution in [0.5, 0.6) is 5.75 Å². The fourth-order valence-electron chi connectivity index (χ4n) is 1.61. The van der Waals surface area contributed by atoms with Crippen molar-refractivity contribution >= 4 is 21.7 Å². The number of ether oxygens (including phenoxy) is 1. The molecular formula is C10H13BrN6O. The van der Waals surface area contributed by atoms with Gasteiger partial charge in [-0.2, -0.15) is 0 Å². The zero-order valence-electron chi connectivity index (χ0n) is 10.3. The average molecular weight is 313 g/mol. The monoisotopic (exact) mass is 312 g/mol. The number of nitrogens with zero attached hydrogens (tertiary/aromatic N) is 5. The fraction of sp³-hybridized carbons (Fsp3) is 0.400. The molecule has 2 rings (SSSR count). The maximum atomic E-state index is 5.39. The van der Waals surface area contributed by atoms with E-state index < -0.39 is 0 Å². The van der Waals surface area contributed by atoms with Crippen LogP contribution in [-0.4, -0.2) is 38.6 Å². The molecule has 0 radical (unpaired) electrons. The van der Waals surface area contributed by atoms with Crippen molar-refractivity contribution in [1.29, 1.82) is 0 Å². The molecule has 0 amide bonds. The summed E-state index contributed by atoms with van der Waals surface area (Å²) in [6.07, 6.45) is 1.48. The molecule has 0 spiro atoms. The maximum absolute atomic E-state index is 5.39. The van der Waals surface area contributed by atoms with E-state index in [9.17, 15) is 0 Å². The van der Waals surface area contributed by atoms with Crippen LogP contribution >= 0.6 is 15.9 Å². The Labute approximate surface area is 113 Å². The molecule has 8 heteroatoms. The van der Waals surface area contributed by atoms with E-state index in [4.69, 9.17) is 4.74 Å². The molecule has 0 saturated carbocycles. The van der Waals surface area contributed by atoms with Gasteiger partial charge in [0.1, 0.15) is 17.7 Å². The molecule has 0 atom stereocenters. The van der Waals surface area contributed by atoms with Crippen molar-refractivity contribution in [1.82, 2.24) is 25.0 Å². The van der Waals surface area contributed by atoms with E-state index in [1.807, 2.05) is 6.92 Å². The third kappa shape index (κ3) is 2.15. The van der Waals surface area contributed by atoms with Crippen LogP contribution < -0.4 is 10.1 Å². The lowest BCUT2D eigenvalue weighted by Crippen LogP contribution is -2.05. The standard InChI is InChI=1S/C10H13BrN6O/c1-4-12-10-8(18-3)6(13-5-14-10)7-9(11)15-16-17(7)2/h5H,4H2,1-3H3,(H,12,13,14). The van der Waals surface area contributed by atoms with E-state index >= 15 is 0 Å². The van der Waals surface area contributed by atoms with Crippen molar-refractivity contribution in [2.75, 3.05) is 19.0 Å². The number of methoxy groups -OCH3 is 1. The topological polar surface area (TPSA) is 77.8 Å². The SMILES string of the molecule is CCNc1ncnc(-c2c(Br)nnn2C)c1OC. The van der Waals surface area contributed by atoms with Gasteiger partial charge in [0.25, 0.3) is 0 Å². The smallest absolute Gasteiger partial charge is 0.189 e. The van der Waals surface area contributed by atoms with Crippen LogP contribution in [0.15, 0.2) is 10.9 Å². The minimum Gasteiger partial charge on any atom is -0.491 e. The average Bonchev–Trinajstić information content (AvgIpc) is 2.69. The Balaban J connectivity index is 2.61.